The summed E-state index contributed by atoms with van der Waals surface area (Å²) in [5.41, 5.74) is 5.74. The largest absolute Gasteiger partial charge is 0.455 e. The Bertz CT molecular complexity index is 1950. The fourth-order valence-electron chi connectivity index (χ4n) is 5.91. The predicted molar refractivity (Wildman–Crippen MR) is 162 cm³/mol. The van der Waals surface area contributed by atoms with Crippen molar-refractivity contribution in [2.75, 3.05) is 0 Å². The number of fused-ring (bicyclic) bond motifs is 4. The van der Waals surface area contributed by atoms with E-state index >= 15 is 4.57 Å². The van der Waals surface area contributed by atoms with E-state index in [2.05, 4.69) is 36.4 Å². The third-order valence-corrected chi connectivity index (χ3v) is 10.9. The van der Waals surface area contributed by atoms with Gasteiger partial charge in [-0.2, -0.15) is 0 Å². The van der Waals surface area contributed by atoms with E-state index < -0.39 is 7.14 Å². The molecule has 8 rings (SSSR count). The van der Waals surface area contributed by atoms with Crippen LogP contribution in [0.15, 0.2) is 140 Å². The lowest BCUT2D eigenvalue weighted by molar-refractivity contribution is 0.464. The van der Waals surface area contributed by atoms with Crippen LogP contribution in [-0.2, 0) is 4.57 Å². The van der Waals surface area contributed by atoms with Crippen LogP contribution < -0.4 is 25.4 Å². The van der Waals surface area contributed by atoms with Gasteiger partial charge in [0, 0.05) is 16.7 Å². The molecule has 2 aliphatic heterocycles. The third kappa shape index (κ3) is 3.28. The summed E-state index contributed by atoms with van der Waals surface area (Å²) in [6, 6.07) is 46.3. The van der Waals surface area contributed by atoms with Gasteiger partial charge in [0.25, 0.3) is 0 Å². The molecule has 1 atom stereocenters. The van der Waals surface area contributed by atoms with Crippen LogP contribution >= 0.6 is 7.14 Å². The first-order valence-electron chi connectivity index (χ1n) is 13.3. The van der Waals surface area contributed by atoms with Crippen molar-refractivity contribution in [2.45, 2.75) is 0 Å². The molecule has 0 fully saturated rings. The summed E-state index contributed by atoms with van der Waals surface area (Å²) >= 11 is 0. The molecular formula is C36H23O3P. The number of para-hydroxylation sites is 2. The second kappa shape index (κ2) is 8.84. The molecule has 6 aromatic rings. The fourth-order valence-corrected chi connectivity index (χ4v) is 9.04. The molecular weight excluding hydrogens is 511 g/mol. The van der Waals surface area contributed by atoms with Crippen molar-refractivity contribution in [1.82, 2.24) is 0 Å². The summed E-state index contributed by atoms with van der Waals surface area (Å²) < 4.78 is 29.4. The molecule has 3 nitrogen and oxygen atoms in total. The number of benzene rings is 6. The molecule has 0 N–H and O–H groups in total. The number of hydrogen-bond donors (Lipinski definition) is 0. The Labute approximate surface area is 232 Å². The van der Waals surface area contributed by atoms with E-state index in [-0.39, 0.29) is 0 Å². The van der Waals surface area contributed by atoms with Crippen molar-refractivity contribution in [1.29, 1.82) is 0 Å². The maximum absolute atomic E-state index is 15.9. The van der Waals surface area contributed by atoms with Crippen LogP contribution in [0.5, 0.6) is 23.0 Å². The molecule has 2 heterocycles. The van der Waals surface area contributed by atoms with Gasteiger partial charge >= 0.3 is 0 Å². The van der Waals surface area contributed by atoms with E-state index in [4.69, 9.17) is 9.47 Å². The third-order valence-electron chi connectivity index (χ3n) is 7.75. The lowest BCUT2D eigenvalue weighted by Crippen LogP contribution is -2.35. The second-order valence-corrected chi connectivity index (χ2v) is 12.6. The van der Waals surface area contributed by atoms with Crippen LogP contribution in [0.4, 0.5) is 0 Å². The Balaban J connectivity index is 1.47. The minimum absolute atomic E-state index is 0.574. The Morgan fingerprint density at radius 3 is 1.35 bits per heavy atom. The normalized spacial score (nSPS) is 16.1. The van der Waals surface area contributed by atoms with Crippen LogP contribution in [0.3, 0.4) is 0 Å². The van der Waals surface area contributed by atoms with Gasteiger partial charge < -0.3 is 14.0 Å². The summed E-state index contributed by atoms with van der Waals surface area (Å²) in [5.74, 6) is 2.45. The summed E-state index contributed by atoms with van der Waals surface area (Å²) in [5, 5.41) is 2.02. The zero-order valence-corrected chi connectivity index (χ0v) is 22.3. The lowest BCUT2D eigenvalue weighted by atomic mass is 10.0. The molecule has 190 valence electrons. The summed E-state index contributed by atoms with van der Waals surface area (Å²) in [7, 11) is -3.41. The molecule has 0 bridgehead atoms. The summed E-state index contributed by atoms with van der Waals surface area (Å²) in [6.07, 6.45) is 0. The van der Waals surface area contributed by atoms with Crippen molar-refractivity contribution in [2.24, 2.45) is 0 Å². The average molecular weight is 535 g/mol. The SMILES string of the molecule is O=P12c3cccc(-c4ccccc4)c3Oc3ccc(-c4ccccc4)c(c31)Oc1c(-c3ccccc3)cccc12. The van der Waals surface area contributed by atoms with E-state index in [0.29, 0.717) is 38.9 Å². The lowest BCUT2D eigenvalue weighted by Gasteiger charge is -2.36. The zero-order chi connectivity index (χ0) is 26.7. The number of rotatable bonds is 3. The highest BCUT2D eigenvalue weighted by atomic mass is 31.2. The van der Waals surface area contributed by atoms with E-state index in [1.165, 1.54) is 0 Å². The molecule has 40 heavy (non-hydrogen) atoms. The molecule has 4 heteroatoms. The summed E-state index contributed by atoms with van der Waals surface area (Å²) in [4.78, 5) is 0. The van der Waals surface area contributed by atoms with Crippen molar-refractivity contribution < 1.29 is 14.0 Å². The van der Waals surface area contributed by atoms with Gasteiger partial charge in [-0.15, -0.1) is 0 Å². The highest BCUT2D eigenvalue weighted by Gasteiger charge is 2.48. The summed E-state index contributed by atoms with van der Waals surface area (Å²) in [6.45, 7) is 0. The van der Waals surface area contributed by atoms with E-state index in [0.717, 1.165) is 33.4 Å². The molecule has 2 aliphatic rings. The van der Waals surface area contributed by atoms with Crippen LogP contribution in [0.2, 0.25) is 0 Å². The van der Waals surface area contributed by atoms with Crippen LogP contribution in [-0.4, -0.2) is 0 Å². The van der Waals surface area contributed by atoms with E-state index in [1.807, 2.05) is 103 Å². The molecule has 0 saturated heterocycles. The van der Waals surface area contributed by atoms with Gasteiger partial charge in [-0.1, -0.05) is 115 Å². The molecule has 0 amide bonds. The van der Waals surface area contributed by atoms with Crippen molar-refractivity contribution in [3.05, 3.63) is 140 Å². The number of hydrogen-bond acceptors (Lipinski definition) is 3. The van der Waals surface area contributed by atoms with Gasteiger partial charge in [0.15, 0.2) is 7.14 Å². The Hall–Kier alpha value is -4.85. The number of ether oxygens (including phenoxy) is 2. The first-order valence-corrected chi connectivity index (χ1v) is 15.0. The van der Waals surface area contributed by atoms with Gasteiger partial charge in [0.2, 0.25) is 0 Å². The van der Waals surface area contributed by atoms with Gasteiger partial charge in [-0.25, -0.2) is 0 Å². The van der Waals surface area contributed by atoms with Crippen LogP contribution in [0.1, 0.15) is 0 Å². The maximum atomic E-state index is 15.9. The first kappa shape index (κ1) is 23.1. The van der Waals surface area contributed by atoms with Gasteiger partial charge in [0.05, 0.1) is 10.6 Å². The Morgan fingerprint density at radius 2 is 0.850 bits per heavy atom. The van der Waals surface area contributed by atoms with Gasteiger partial charge in [-0.3, -0.25) is 0 Å². The molecule has 6 aromatic carbocycles. The van der Waals surface area contributed by atoms with Crippen molar-refractivity contribution >= 4 is 23.1 Å². The maximum Gasteiger partial charge on any atom is 0.185 e. The van der Waals surface area contributed by atoms with Crippen molar-refractivity contribution in [3.63, 3.8) is 0 Å². The van der Waals surface area contributed by atoms with E-state index in [9.17, 15) is 0 Å². The predicted octanol–water partition coefficient (Wildman–Crippen LogP) is 8.54. The van der Waals surface area contributed by atoms with Crippen molar-refractivity contribution in [3.8, 4) is 56.4 Å². The molecule has 0 saturated carbocycles. The molecule has 0 aromatic heterocycles. The topological polar surface area (TPSA) is 35.5 Å². The Morgan fingerprint density at radius 1 is 0.400 bits per heavy atom. The fraction of sp³-hybridized carbons (Fsp3) is 0. The molecule has 1 unspecified atom stereocenters. The minimum atomic E-state index is -3.41. The van der Waals surface area contributed by atoms with Gasteiger partial charge in [-0.05, 0) is 41.0 Å². The van der Waals surface area contributed by atoms with E-state index in [1.54, 1.807) is 0 Å². The highest BCUT2D eigenvalue weighted by Crippen LogP contribution is 2.61. The highest BCUT2D eigenvalue weighted by molar-refractivity contribution is 7.86. The van der Waals surface area contributed by atoms with Crippen LogP contribution in [0.25, 0.3) is 33.4 Å². The zero-order valence-electron chi connectivity index (χ0n) is 21.5. The molecule has 0 aliphatic carbocycles. The quantitative estimate of drug-likeness (QED) is 0.213. The van der Waals surface area contributed by atoms with Crippen LogP contribution in [0, 0.1) is 0 Å². The average Bonchev–Trinajstić information content (AvgIpc) is 3.02. The second-order valence-electron chi connectivity index (χ2n) is 10.0. The first-order chi connectivity index (χ1) is 19.7. The smallest absolute Gasteiger partial charge is 0.185 e. The molecule has 0 radical (unpaired) electrons. The molecule has 0 spiro atoms. The van der Waals surface area contributed by atoms with Gasteiger partial charge in [0.1, 0.15) is 28.3 Å². The minimum Gasteiger partial charge on any atom is -0.455 e. The monoisotopic (exact) mass is 534 g/mol. The Kier molecular flexibility index (Phi) is 5.10. The standard InChI is InChI=1S/C36H23O3P/c37-40-31-20-10-18-27(24-12-4-1-5-13-24)33(31)38-30-23-22-29(26-16-8-3-9-17-26)35(36(30)40)39-34-28(19-11-21-32(34)40)25-14-6-2-7-15-25/h1-23H.